The van der Waals surface area contributed by atoms with Crippen LogP contribution in [0.5, 0.6) is 0 Å². The maximum absolute atomic E-state index is 12.7. The molecule has 2 heterocycles. The zero-order valence-corrected chi connectivity index (χ0v) is 11.9. The Kier molecular flexibility index (Phi) is 3.22. The first-order valence-corrected chi connectivity index (χ1v) is 8.27. The third-order valence-electron chi connectivity index (χ3n) is 4.05. The second-order valence-electron chi connectivity index (χ2n) is 5.29. The van der Waals surface area contributed by atoms with Crippen LogP contribution in [0.4, 0.5) is 5.69 Å². The minimum absolute atomic E-state index is 0.171. The van der Waals surface area contributed by atoms with Crippen molar-refractivity contribution in [3.63, 3.8) is 0 Å². The summed E-state index contributed by atoms with van der Waals surface area (Å²) in [6, 6.07) is 3.72. The monoisotopic (exact) mass is 281 g/mol. The number of sulfonamides is 1. The molecular formula is C13H19N3O2S. The van der Waals surface area contributed by atoms with Crippen molar-refractivity contribution in [1.82, 2.24) is 9.29 Å². The summed E-state index contributed by atoms with van der Waals surface area (Å²) in [5, 5.41) is 3.25. The molecule has 1 saturated carbocycles. The minimum atomic E-state index is -3.46. The molecule has 2 aliphatic rings. The van der Waals surface area contributed by atoms with Gasteiger partial charge in [0.1, 0.15) is 0 Å². The summed E-state index contributed by atoms with van der Waals surface area (Å²) in [5.74, 6) is 0.547. The Hall–Kier alpha value is -1.14. The van der Waals surface area contributed by atoms with Crippen LogP contribution in [0.2, 0.25) is 0 Å². The Labute approximate surface area is 114 Å². The summed E-state index contributed by atoms with van der Waals surface area (Å²) in [5.41, 5.74) is 0.604. The molecule has 1 aliphatic carbocycles. The van der Waals surface area contributed by atoms with Gasteiger partial charge in [0.25, 0.3) is 10.0 Å². The van der Waals surface area contributed by atoms with Crippen LogP contribution in [-0.4, -0.2) is 36.8 Å². The van der Waals surface area contributed by atoms with Gasteiger partial charge in [0, 0.05) is 25.3 Å². The molecule has 2 atom stereocenters. The summed E-state index contributed by atoms with van der Waals surface area (Å²) >= 11 is 0. The van der Waals surface area contributed by atoms with Crippen molar-refractivity contribution in [2.45, 2.75) is 37.3 Å². The Morgan fingerprint density at radius 2 is 2.32 bits per heavy atom. The Morgan fingerprint density at radius 3 is 2.95 bits per heavy atom. The summed E-state index contributed by atoms with van der Waals surface area (Å²) in [4.78, 5) is 4.11. The highest BCUT2D eigenvalue weighted by Gasteiger charge is 2.45. The number of rotatable bonds is 4. The van der Waals surface area contributed by atoms with E-state index in [9.17, 15) is 8.42 Å². The summed E-state index contributed by atoms with van der Waals surface area (Å²) in [6.07, 6.45) is 4.72. The molecule has 1 aliphatic heterocycles. The molecule has 2 bridgehead atoms. The molecule has 6 heteroatoms. The van der Waals surface area contributed by atoms with Gasteiger partial charge in [-0.1, -0.05) is 0 Å². The van der Waals surface area contributed by atoms with Gasteiger partial charge in [-0.2, -0.15) is 4.31 Å². The predicted octanol–water partition coefficient (Wildman–Crippen LogP) is 1.69. The highest BCUT2D eigenvalue weighted by Crippen LogP contribution is 2.40. The second-order valence-corrected chi connectivity index (χ2v) is 7.10. The molecule has 1 aromatic rings. The minimum Gasteiger partial charge on any atom is -0.383 e. The van der Waals surface area contributed by atoms with Crippen LogP contribution in [0.1, 0.15) is 26.2 Å². The normalized spacial score (nSPS) is 26.8. The Balaban J connectivity index is 1.96. The predicted molar refractivity (Wildman–Crippen MR) is 73.4 cm³/mol. The SMILES string of the molecule is CCNc1cccnc1S(=O)(=O)N1CC2CCC1C2. The average molecular weight is 281 g/mol. The van der Waals surface area contributed by atoms with Crippen molar-refractivity contribution >= 4 is 15.7 Å². The molecule has 5 nitrogen and oxygen atoms in total. The van der Waals surface area contributed by atoms with E-state index in [1.54, 1.807) is 22.6 Å². The fraction of sp³-hybridized carbons (Fsp3) is 0.615. The van der Waals surface area contributed by atoms with Crippen molar-refractivity contribution in [1.29, 1.82) is 0 Å². The van der Waals surface area contributed by atoms with Gasteiger partial charge in [-0.15, -0.1) is 0 Å². The zero-order chi connectivity index (χ0) is 13.5. The fourth-order valence-electron chi connectivity index (χ4n) is 3.21. The van der Waals surface area contributed by atoms with Crippen LogP contribution in [0.25, 0.3) is 0 Å². The molecule has 3 rings (SSSR count). The number of aromatic nitrogens is 1. The molecule has 0 amide bonds. The lowest BCUT2D eigenvalue weighted by Gasteiger charge is -2.26. The van der Waals surface area contributed by atoms with Gasteiger partial charge >= 0.3 is 0 Å². The van der Waals surface area contributed by atoms with E-state index < -0.39 is 10.0 Å². The van der Waals surface area contributed by atoms with Gasteiger partial charge in [0.05, 0.1) is 5.69 Å². The standard InChI is InChI=1S/C13H19N3O2S/c1-2-14-12-4-3-7-15-13(12)19(17,18)16-9-10-5-6-11(16)8-10/h3-4,7,10-11,14H,2,5-6,8-9H2,1H3. The maximum atomic E-state index is 12.7. The van der Waals surface area contributed by atoms with E-state index in [4.69, 9.17) is 0 Å². The van der Waals surface area contributed by atoms with Crippen LogP contribution < -0.4 is 5.32 Å². The molecule has 2 unspecified atom stereocenters. The Bertz CT molecular complexity index is 573. The lowest BCUT2D eigenvalue weighted by atomic mass is 10.1. The first-order chi connectivity index (χ1) is 9.13. The third-order valence-corrected chi connectivity index (χ3v) is 5.93. The highest BCUT2D eigenvalue weighted by molar-refractivity contribution is 7.89. The topological polar surface area (TPSA) is 62.3 Å². The number of fused-ring (bicyclic) bond motifs is 2. The lowest BCUT2D eigenvalue weighted by Crippen LogP contribution is -2.38. The van der Waals surface area contributed by atoms with Crippen molar-refractivity contribution in [2.24, 2.45) is 5.92 Å². The van der Waals surface area contributed by atoms with Crippen molar-refractivity contribution in [2.75, 3.05) is 18.4 Å². The molecular weight excluding hydrogens is 262 g/mol. The van der Waals surface area contributed by atoms with Crippen LogP contribution in [0.3, 0.4) is 0 Å². The summed E-state index contributed by atoms with van der Waals surface area (Å²) < 4.78 is 27.1. The van der Waals surface area contributed by atoms with Gasteiger partial charge in [0.2, 0.25) is 0 Å². The quantitative estimate of drug-likeness (QED) is 0.912. The van der Waals surface area contributed by atoms with Gasteiger partial charge in [-0.05, 0) is 44.2 Å². The molecule has 0 aromatic carbocycles. The average Bonchev–Trinajstić information content (AvgIpc) is 3.02. The number of hydrogen-bond donors (Lipinski definition) is 1. The van der Waals surface area contributed by atoms with E-state index in [0.717, 1.165) is 12.8 Å². The second kappa shape index (κ2) is 4.76. The molecule has 104 valence electrons. The smallest absolute Gasteiger partial charge is 0.262 e. The zero-order valence-electron chi connectivity index (χ0n) is 11.0. The first-order valence-electron chi connectivity index (χ1n) is 6.83. The molecule has 0 spiro atoms. The Morgan fingerprint density at radius 1 is 1.47 bits per heavy atom. The summed E-state index contributed by atoms with van der Waals surface area (Å²) in [6.45, 7) is 3.29. The number of nitrogens with one attached hydrogen (secondary N) is 1. The molecule has 19 heavy (non-hydrogen) atoms. The van der Waals surface area contributed by atoms with E-state index in [2.05, 4.69) is 10.3 Å². The molecule has 1 aromatic heterocycles. The molecule has 1 saturated heterocycles. The van der Waals surface area contributed by atoms with Gasteiger partial charge in [-0.3, -0.25) is 0 Å². The van der Waals surface area contributed by atoms with Crippen molar-refractivity contribution in [3.8, 4) is 0 Å². The largest absolute Gasteiger partial charge is 0.383 e. The van der Waals surface area contributed by atoms with Crippen LogP contribution in [-0.2, 0) is 10.0 Å². The van der Waals surface area contributed by atoms with Gasteiger partial charge in [0.15, 0.2) is 5.03 Å². The van der Waals surface area contributed by atoms with E-state index in [0.29, 0.717) is 24.7 Å². The third kappa shape index (κ3) is 2.12. The van der Waals surface area contributed by atoms with Crippen LogP contribution in [0, 0.1) is 5.92 Å². The molecule has 2 fully saturated rings. The number of nitrogens with zero attached hydrogens (tertiary/aromatic N) is 2. The number of pyridine rings is 1. The van der Waals surface area contributed by atoms with E-state index in [-0.39, 0.29) is 11.1 Å². The number of hydrogen-bond acceptors (Lipinski definition) is 4. The van der Waals surface area contributed by atoms with Crippen molar-refractivity contribution in [3.05, 3.63) is 18.3 Å². The maximum Gasteiger partial charge on any atom is 0.262 e. The van der Waals surface area contributed by atoms with Crippen LogP contribution >= 0.6 is 0 Å². The van der Waals surface area contributed by atoms with E-state index in [1.165, 1.54) is 6.42 Å². The van der Waals surface area contributed by atoms with E-state index >= 15 is 0 Å². The fourth-order valence-corrected chi connectivity index (χ4v) is 5.03. The lowest BCUT2D eigenvalue weighted by molar-refractivity contribution is 0.332. The van der Waals surface area contributed by atoms with Gasteiger partial charge in [-0.25, -0.2) is 13.4 Å². The summed E-state index contributed by atoms with van der Waals surface area (Å²) in [7, 11) is -3.46. The first kappa shape index (κ1) is 12.9. The molecule has 1 N–H and O–H groups in total. The van der Waals surface area contributed by atoms with E-state index in [1.807, 2.05) is 6.92 Å². The number of anilines is 1. The molecule has 0 radical (unpaired) electrons. The highest BCUT2D eigenvalue weighted by atomic mass is 32.2. The van der Waals surface area contributed by atoms with Crippen molar-refractivity contribution < 1.29 is 8.42 Å². The van der Waals surface area contributed by atoms with Gasteiger partial charge < -0.3 is 5.32 Å². The number of piperidine rings is 1. The van der Waals surface area contributed by atoms with Crippen LogP contribution in [0.15, 0.2) is 23.4 Å².